The Bertz CT molecular complexity index is 698. The molecule has 0 spiro atoms. The average Bonchev–Trinajstić information content (AvgIpc) is 2.78. The molecular formula is C21H31N3O5. The number of hydrogen-bond acceptors (Lipinski definition) is 6. The molecule has 2 heterocycles. The van der Waals surface area contributed by atoms with Crippen LogP contribution in [0.3, 0.4) is 0 Å². The molecule has 0 aliphatic carbocycles. The van der Waals surface area contributed by atoms with E-state index >= 15 is 0 Å². The molecule has 160 valence electrons. The van der Waals surface area contributed by atoms with Crippen LogP contribution in [-0.2, 0) is 9.53 Å². The van der Waals surface area contributed by atoms with Gasteiger partial charge in [-0.15, -0.1) is 0 Å². The van der Waals surface area contributed by atoms with E-state index in [4.69, 9.17) is 14.2 Å². The minimum Gasteiger partial charge on any atom is -0.493 e. The number of ether oxygens (including phenoxy) is 3. The lowest BCUT2D eigenvalue weighted by Gasteiger charge is -2.32. The van der Waals surface area contributed by atoms with Crippen LogP contribution in [0, 0.1) is 5.92 Å². The highest BCUT2D eigenvalue weighted by molar-refractivity contribution is 5.95. The first-order valence-corrected chi connectivity index (χ1v) is 10.2. The van der Waals surface area contributed by atoms with Gasteiger partial charge in [-0.3, -0.25) is 14.5 Å². The topological polar surface area (TPSA) is 80.3 Å². The number of rotatable bonds is 7. The first kappa shape index (κ1) is 21.4. The SMILES string of the molecule is COc1ccc(C(=O)N2CCC(C(=O)NCCN3CCOCC3)CC2)cc1OC. The first-order valence-electron chi connectivity index (χ1n) is 10.2. The second kappa shape index (κ2) is 10.5. The maximum Gasteiger partial charge on any atom is 0.253 e. The summed E-state index contributed by atoms with van der Waals surface area (Å²) in [6, 6.07) is 5.18. The van der Waals surface area contributed by atoms with Gasteiger partial charge >= 0.3 is 0 Å². The van der Waals surface area contributed by atoms with Gasteiger partial charge < -0.3 is 24.4 Å². The molecule has 1 aromatic rings. The van der Waals surface area contributed by atoms with Gasteiger partial charge in [-0.05, 0) is 31.0 Å². The molecule has 2 amide bonds. The van der Waals surface area contributed by atoms with Gasteiger partial charge in [0.25, 0.3) is 5.91 Å². The Kier molecular flexibility index (Phi) is 7.71. The zero-order chi connectivity index (χ0) is 20.6. The molecule has 2 aliphatic rings. The van der Waals surface area contributed by atoms with Crippen molar-refractivity contribution in [2.24, 2.45) is 5.92 Å². The molecule has 0 saturated carbocycles. The average molecular weight is 405 g/mol. The number of benzene rings is 1. The second-order valence-electron chi connectivity index (χ2n) is 7.38. The molecule has 1 N–H and O–H groups in total. The van der Waals surface area contributed by atoms with E-state index in [0.29, 0.717) is 49.5 Å². The fourth-order valence-corrected chi connectivity index (χ4v) is 3.80. The summed E-state index contributed by atoms with van der Waals surface area (Å²) in [5.41, 5.74) is 0.566. The molecule has 3 rings (SSSR count). The van der Waals surface area contributed by atoms with Crippen LogP contribution in [-0.4, -0.2) is 88.3 Å². The summed E-state index contributed by atoms with van der Waals surface area (Å²) in [5, 5.41) is 3.05. The lowest BCUT2D eigenvalue weighted by atomic mass is 9.95. The number of nitrogens with zero attached hydrogens (tertiary/aromatic N) is 2. The monoisotopic (exact) mass is 405 g/mol. The Hall–Kier alpha value is -2.32. The van der Waals surface area contributed by atoms with Gasteiger partial charge in [0, 0.05) is 50.7 Å². The van der Waals surface area contributed by atoms with E-state index in [2.05, 4.69) is 10.2 Å². The van der Waals surface area contributed by atoms with Gasteiger partial charge in [0.05, 0.1) is 27.4 Å². The van der Waals surface area contributed by atoms with Crippen molar-refractivity contribution in [1.82, 2.24) is 15.1 Å². The van der Waals surface area contributed by atoms with Gasteiger partial charge in [0.2, 0.25) is 5.91 Å². The first-order chi connectivity index (χ1) is 14.1. The summed E-state index contributed by atoms with van der Waals surface area (Å²) in [6.07, 6.45) is 1.37. The highest BCUT2D eigenvalue weighted by Gasteiger charge is 2.28. The summed E-state index contributed by atoms with van der Waals surface area (Å²) in [6.45, 7) is 6.04. The molecule has 8 heteroatoms. The largest absolute Gasteiger partial charge is 0.493 e. The van der Waals surface area contributed by atoms with Crippen molar-refractivity contribution >= 4 is 11.8 Å². The van der Waals surface area contributed by atoms with Crippen LogP contribution >= 0.6 is 0 Å². The number of carbonyl (C=O) groups excluding carboxylic acids is 2. The number of piperidine rings is 1. The quantitative estimate of drug-likeness (QED) is 0.729. The van der Waals surface area contributed by atoms with Crippen LogP contribution in [0.2, 0.25) is 0 Å². The normalized spacial score (nSPS) is 18.3. The van der Waals surface area contributed by atoms with Crippen LogP contribution in [0.15, 0.2) is 18.2 Å². The summed E-state index contributed by atoms with van der Waals surface area (Å²) in [4.78, 5) is 29.4. The number of methoxy groups -OCH3 is 2. The van der Waals surface area contributed by atoms with Crippen molar-refractivity contribution in [3.05, 3.63) is 23.8 Å². The molecule has 2 aliphatic heterocycles. The summed E-state index contributed by atoms with van der Waals surface area (Å²) >= 11 is 0. The van der Waals surface area contributed by atoms with Crippen LogP contribution in [0.5, 0.6) is 11.5 Å². The molecule has 29 heavy (non-hydrogen) atoms. The number of morpholine rings is 1. The van der Waals surface area contributed by atoms with Gasteiger partial charge in [0.15, 0.2) is 11.5 Å². The standard InChI is InChI=1S/C21H31N3O5/c1-27-18-4-3-17(15-19(18)28-2)21(26)24-8-5-16(6-9-24)20(25)22-7-10-23-11-13-29-14-12-23/h3-4,15-16H,5-14H2,1-2H3,(H,22,25). The molecule has 2 saturated heterocycles. The van der Waals surface area contributed by atoms with Crippen LogP contribution in [0.1, 0.15) is 23.2 Å². The number of carbonyl (C=O) groups is 2. The molecule has 0 bridgehead atoms. The van der Waals surface area contributed by atoms with Crippen molar-refractivity contribution in [1.29, 1.82) is 0 Å². The van der Waals surface area contributed by atoms with E-state index in [9.17, 15) is 9.59 Å². The van der Waals surface area contributed by atoms with E-state index in [-0.39, 0.29) is 17.7 Å². The molecule has 0 atom stereocenters. The Morgan fingerprint density at radius 2 is 1.76 bits per heavy atom. The zero-order valence-electron chi connectivity index (χ0n) is 17.3. The molecule has 0 unspecified atom stereocenters. The van der Waals surface area contributed by atoms with Crippen molar-refractivity contribution in [2.75, 3.05) is 66.7 Å². The third-order valence-electron chi connectivity index (χ3n) is 5.61. The van der Waals surface area contributed by atoms with E-state index in [1.54, 1.807) is 37.3 Å². The van der Waals surface area contributed by atoms with Gasteiger partial charge in [-0.25, -0.2) is 0 Å². The summed E-state index contributed by atoms with van der Waals surface area (Å²) < 4.78 is 15.8. The maximum absolute atomic E-state index is 12.8. The molecule has 0 aromatic heterocycles. The number of hydrogen-bond donors (Lipinski definition) is 1. The van der Waals surface area contributed by atoms with E-state index in [0.717, 1.165) is 32.8 Å². The van der Waals surface area contributed by atoms with Crippen molar-refractivity contribution in [2.45, 2.75) is 12.8 Å². The summed E-state index contributed by atoms with van der Waals surface area (Å²) in [7, 11) is 3.12. The minimum absolute atomic E-state index is 0.0332. The van der Waals surface area contributed by atoms with Gasteiger partial charge in [-0.2, -0.15) is 0 Å². The Balaban J connectivity index is 1.44. The Morgan fingerprint density at radius 3 is 2.41 bits per heavy atom. The molecular weight excluding hydrogens is 374 g/mol. The Labute approximate surface area is 172 Å². The fraction of sp³-hybridized carbons (Fsp3) is 0.619. The smallest absolute Gasteiger partial charge is 0.253 e. The lowest BCUT2D eigenvalue weighted by molar-refractivity contribution is -0.126. The van der Waals surface area contributed by atoms with Crippen LogP contribution in [0.25, 0.3) is 0 Å². The van der Waals surface area contributed by atoms with Crippen molar-refractivity contribution in [3.8, 4) is 11.5 Å². The van der Waals surface area contributed by atoms with Crippen LogP contribution < -0.4 is 14.8 Å². The van der Waals surface area contributed by atoms with Crippen molar-refractivity contribution < 1.29 is 23.8 Å². The van der Waals surface area contributed by atoms with E-state index in [1.807, 2.05) is 0 Å². The summed E-state index contributed by atoms with van der Waals surface area (Å²) in [5.74, 6) is 1.15. The fourth-order valence-electron chi connectivity index (χ4n) is 3.80. The van der Waals surface area contributed by atoms with Gasteiger partial charge in [-0.1, -0.05) is 0 Å². The number of likely N-dealkylation sites (tertiary alicyclic amines) is 1. The van der Waals surface area contributed by atoms with E-state index < -0.39 is 0 Å². The molecule has 0 radical (unpaired) electrons. The number of nitrogens with one attached hydrogen (secondary N) is 1. The zero-order valence-corrected chi connectivity index (χ0v) is 17.3. The Morgan fingerprint density at radius 1 is 1.07 bits per heavy atom. The third-order valence-corrected chi connectivity index (χ3v) is 5.61. The molecule has 2 fully saturated rings. The van der Waals surface area contributed by atoms with E-state index in [1.165, 1.54) is 0 Å². The maximum atomic E-state index is 12.8. The predicted molar refractivity (Wildman–Crippen MR) is 108 cm³/mol. The van der Waals surface area contributed by atoms with Gasteiger partial charge in [0.1, 0.15) is 0 Å². The predicted octanol–water partition coefficient (Wildman–Crippen LogP) is 1.00. The lowest BCUT2D eigenvalue weighted by Crippen LogP contribution is -2.45. The highest BCUT2D eigenvalue weighted by atomic mass is 16.5. The molecule has 8 nitrogen and oxygen atoms in total. The third kappa shape index (κ3) is 5.61. The second-order valence-corrected chi connectivity index (χ2v) is 7.38. The number of amides is 2. The highest BCUT2D eigenvalue weighted by Crippen LogP contribution is 2.28. The van der Waals surface area contributed by atoms with Crippen molar-refractivity contribution in [3.63, 3.8) is 0 Å². The van der Waals surface area contributed by atoms with Crippen LogP contribution in [0.4, 0.5) is 0 Å². The minimum atomic E-state index is -0.0443. The molecule has 1 aromatic carbocycles.